The molecule has 28 heavy (non-hydrogen) atoms. The quantitative estimate of drug-likeness (QED) is 0.752. The van der Waals surface area contributed by atoms with Gasteiger partial charge in [-0.1, -0.05) is 17.7 Å². The Balaban J connectivity index is 0.000000409. The van der Waals surface area contributed by atoms with Crippen LogP contribution < -0.4 is 0 Å². The summed E-state index contributed by atoms with van der Waals surface area (Å²) in [5.41, 5.74) is 1.97. The van der Waals surface area contributed by atoms with Crippen LogP contribution in [0.4, 0.5) is 0 Å². The van der Waals surface area contributed by atoms with E-state index in [0.29, 0.717) is 10.6 Å². The third-order valence-electron chi connectivity index (χ3n) is 4.35. The van der Waals surface area contributed by atoms with Crippen LogP contribution in [0, 0.1) is 0 Å². The van der Waals surface area contributed by atoms with E-state index in [1.54, 1.807) is 12.1 Å². The van der Waals surface area contributed by atoms with E-state index in [0.717, 1.165) is 32.7 Å². The van der Waals surface area contributed by atoms with Crippen LogP contribution in [0.2, 0.25) is 5.02 Å². The molecule has 8 nitrogen and oxygen atoms in total. The highest BCUT2D eigenvalue weighted by atomic mass is 35.5. The first-order chi connectivity index (χ1) is 13.3. The highest BCUT2D eigenvalue weighted by molar-refractivity contribution is 6.31. The van der Waals surface area contributed by atoms with Crippen molar-refractivity contribution in [3.63, 3.8) is 0 Å². The van der Waals surface area contributed by atoms with E-state index in [1.807, 2.05) is 17.0 Å². The normalized spacial score (nSPS) is 14.1. The molecule has 0 aliphatic carbocycles. The molecule has 3 rings (SSSR count). The van der Waals surface area contributed by atoms with Crippen LogP contribution in [0.15, 0.2) is 42.6 Å². The maximum Gasteiger partial charge on any atom is 0.414 e. The van der Waals surface area contributed by atoms with Crippen LogP contribution in [-0.4, -0.2) is 68.6 Å². The molecule has 9 heteroatoms. The van der Waals surface area contributed by atoms with Gasteiger partial charge in [0.2, 0.25) is 0 Å². The van der Waals surface area contributed by atoms with Crippen molar-refractivity contribution in [3.8, 4) is 0 Å². The molecule has 1 aliphatic rings. The zero-order valence-electron chi connectivity index (χ0n) is 15.4. The highest BCUT2D eigenvalue weighted by Gasteiger charge is 2.22. The Morgan fingerprint density at radius 1 is 1.00 bits per heavy atom. The summed E-state index contributed by atoms with van der Waals surface area (Å²) < 4.78 is 2.14. The lowest BCUT2D eigenvalue weighted by atomic mass is 10.2. The average Bonchev–Trinajstić information content (AvgIpc) is 3.07. The fraction of sp³-hybridized carbons (Fsp3) is 0.316. The van der Waals surface area contributed by atoms with E-state index < -0.39 is 11.9 Å². The zero-order chi connectivity index (χ0) is 20.7. The number of piperazine rings is 1. The van der Waals surface area contributed by atoms with Crippen molar-refractivity contribution < 1.29 is 24.6 Å². The van der Waals surface area contributed by atoms with Gasteiger partial charge in [-0.05, 0) is 30.3 Å². The SMILES string of the molecule is Cn1cccc1CN1CCN(C(=O)c2cccc(Cl)c2)CC1.O=C(O)C(=O)O. The Bertz CT molecular complexity index is 832. The summed E-state index contributed by atoms with van der Waals surface area (Å²) in [4.78, 5) is 35.0. The van der Waals surface area contributed by atoms with Crippen LogP contribution >= 0.6 is 11.6 Å². The van der Waals surface area contributed by atoms with Crippen molar-refractivity contribution in [2.75, 3.05) is 26.2 Å². The maximum atomic E-state index is 12.5. The van der Waals surface area contributed by atoms with E-state index >= 15 is 0 Å². The molecule has 1 saturated heterocycles. The molecule has 0 atom stereocenters. The molecule has 0 unspecified atom stereocenters. The number of hydrogen-bond acceptors (Lipinski definition) is 4. The number of carboxylic acids is 2. The Morgan fingerprint density at radius 3 is 2.14 bits per heavy atom. The van der Waals surface area contributed by atoms with Gasteiger partial charge in [0.15, 0.2) is 0 Å². The molecule has 0 saturated carbocycles. The molecule has 0 spiro atoms. The van der Waals surface area contributed by atoms with Gasteiger partial charge in [0.1, 0.15) is 0 Å². The molecule has 2 heterocycles. The first kappa shape index (κ1) is 21.5. The molecule has 1 aromatic carbocycles. The first-order valence-electron chi connectivity index (χ1n) is 8.61. The molecule has 1 aromatic heterocycles. The van der Waals surface area contributed by atoms with Crippen LogP contribution in [0.3, 0.4) is 0 Å². The topological polar surface area (TPSA) is 103 Å². The maximum absolute atomic E-state index is 12.5. The van der Waals surface area contributed by atoms with E-state index in [9.17, 15) is 4.79 Å². The number of carbonyl (C=O) groups excluding carboxylic acids is 1. The lowest BCUT2D eigenvalue weighted by molar-refractivity contribution is -0.159. The number of aryl methyl sites for hydroxylation is 1. The fourth-order valence-electron chi connectivity index (χ4n) is 2.80. The van der Waals surface area contributed by atoms with Crippen LogP contribution in [0.1, 0.15) is 16.1 Å². The molecule has 1 fully saturated rings. The summed E-state index contributed by atoms with van der Waals surface area (Å²) in [6, 6.07) is 11.4. The minimum Gasteiger partial charge on any atom is -0.473 e. The predicted octanol–water partition coefficient (Wildman–Crippen LogP) is 1.79. The molecule has 1 amide bonds. The van der Waals surface area contributed by atoms with Crippen LogP contribution in [-0.2, 0) is 23.2 Å². The van der Waals surface area contributed by atoms with Crippen molar-refractivity contribution in [1.29, 1.82) is 0 Å². The Labute approximate surface area is 167 Å². The van der Waals surface area contributed by atoms with Crippen LogP contribution in [0.25, 0.3) is 0 Å². The van der Waals surface area contributed by atoms with Gasteiger partial charge in [-0.2, -0.15) is 0 Å². The molecule has 0 bridgehead atoms. The number of amides is 1. The average molecular weight is 408 g/mol. The van der Waals surface area contributed by atoms with Crippen molar-refractivity contribution in [2.24, 2.45) is 7.05 Å². The number of hydrogen-bond donors (Lipinski definition) is 2. The van der Waals surface area contributed by atoms with Gasteiger partial charge in [-0.25, -0.2) is 9.59 Å². The monoisotopic (exact) mass is 407 g/mol. The largest absolute Gasteiger partial charge is 0.473 e. The van der Waals surface area contributed by atoms with Gasteiger partial charge in [0, 0.05) is 62.2 Å². The number of aliphatic carboxylic acids is 2. The first-order valence-corrected chi connectivity index (χ1v) is 8.99. The van der Waals surface area contributed by atoms with Gasteiger partial charge >= 0.3 is 11.9 Å². The Morgan fingerprint density at radius 2 is 1.64 bits per heavy atom. The minimum atomic E-state index is -1.82. The highest BCUT2D eigenvalue weighted by Crippen LogP contribution is 2.15. The van der Waals surface area contributed by atoms with E-state index in [2.05, 4.69) is 34.8 Å². The van der Waals surface area contributed by atoms with Crippen molar-refractivity contribution in [3.05, 3.63) is 58.9 Å². The lowest BCUT2D eigenvalue weighted by Crippen LogP contribution is -2.48. The van der Waals surface area contributed by atoms with E-state index in [4.69, 9.17) is 31.4 Å². The van der Waals surface area contributed by atoms with Gasteiger partial charge in [0.05, 0.1) is 0 Å². The number of carbonyl (C=O) groups is 3. The number of aromatic nitrogens is 1. The number of benzene rings is 1. The summed E-state index contributed by atoms with van der Waals surface area (Å²) in [7, 11) is 2.06. The second-order valence-electron chi connectivity index (χ2n) is 6.30. The molecule has 150 valence electrons. The summed E-state index contributed by atoms with van der Waals surface area (Å²) in [6.45, 7) is 4.25. The smallest absolute Gasteiger partial charge is 0.414 e. The molecule has 0 radical (unpaired) electrons. The third kappa shape index (κ3) is 6.11. The molecule has 1 aliphatic heterocycles. The van der Waals surface area contributed by atoms with E-state index in [-0.39, 0.29) is 5.91 Å². The van der Waals surface area contributed by atoms with Gasteiger partial charge in [-0.15, -0.1) is 0 Å². The number of halogens is 1. The summed E-state index contributed by atoms with van der Waals surface area (Å²) in [6.07, 6.45) is 2.06. The molecular formula is C19H22ClN3O5. The minimum absolute atomic E-state index is 0.0704. The zero-order valence-corrected chi connectivity index (χ0v) is 16.2. The number of rotatable bonds is 3. The number of carboxylic acid groups (broad SMARTS) is 2. The molecular weight excluding hydrogens is 386 g/mol. The van der Waals surface area contributed by atoms with Crippen molar-refractivity contribution in [2.45, 2.75) is 6.54 Å². The van der Waals surface area contributed by atoms with Gasteiger partial charge in [-0.3, -0.25) is 9.69 Å². The third-order valence-corrected chi connectivity index (χ3v) is 4.59. The van der Waals surface area contributed by atoms with E-state index in [1.165, 1.54) is 5.69 Å². The summed E-state index contributed by atoms with van der Waals surface area (Å²) >= 11 is 5.96. The second kappa shape index (κ2) is 9.91. The number of nitrogens with zero attached hydrogens (tertiary/aromatic N) is 3. The second-order valence-corrected chi connectivity index (χ2v) is 6.74. The fourth-order valence-corrected chi connectivity index (χ4v) is 2.99. The Hall–Kier alpha value is -2.84. The Kier molecular flexibility index (Phi) is 7.60. The van der Waals surface area contributed by atoms with Crippen LogP contribution in [0.5, 0.6) is 0 Å². The van der Waals surface area contributed by atoms with Crippen molar-refractivity contribution >= 4 is 29.4 Å². The van der Waals surface area contributed by atoms with Gasteiger partial charge in [0.25, 0.3) is 5.91 Å². The van der Waals surface area contributed by atoms with Gasteiger partial charge < -0.3 is 19.7 Å². The predicted molar refractivity (Wildman–Crippen MR) is 103 cm³/mol. The summed E-state index contributed by atoms with van der Waals surface area (Å²) in [5.74, 6) is -3.58. The van der Waals surface area contributed by atoms with Crippen molar-refractivity contribution in [1.82, 2.24) is 14.4 Å². The lowest BCUT2D eigenvalue weighted by Gasteiger charge is -2.34. The standard InChI is InChI=1S/C17H20ClN3O.C2H2O4/c1-19-7-3-6-16(19)13-20-8-10-21(11-9-20)17(22)14-4-2-5-15(18)12-14;3-1(4)2(5)6/h2-7,12H,8-11,13H2,1H3;(H,3,4)(H,5,6). The summed E-state index contributed by atoms with van der Waals surface area (Å²) in [5, 5.41) is 15.4. The molecule has 2 aromatic rings. The molecule has 2 N–H and O–H groups in total.